The average molecular weight is 556 g/mol. The van der Waals surface area contributed by atoms with Gasteiger partial charge in [0.05, 0.1) is 18.4 Å². The number of amides is 2. The number of halogens is 1. The van der Waals surface area contributed by atoms with Gasteiger partial charge in [-0.1, -0.05) is 19.0 Å². The third-order valence-corrected chi connectivity index (χ3v) is 7.21. The first kappa shape index (κ1) is 29.3. The fourth-order valence-corrected chi connectivity index (χ4v) is 4.82. The van der Waals surface area contributed by atoms with Crippen LogP contribution < -0.4 is 10.1 Å². The SMILES string of the molecule is CCC(CC)c1nc(-c2ccc(OCCCN3CCCN(C(=O)[C@H](C)NC(=O)c4ccco4)CC3)cc2F)no1. The number of furan rings is 1. The molecule has 4 rings (SSSR count). The van der Waals surface area contributed by atoms with Crippen molar-refractivity contribution in [3.8, 4) is 17.1 Å². The van der Waals surface area contributed by atoms with Crippen LogP contribution in [0.25, 0.3) is 11.4 Å². The molecule has 10 nitrogen and oxygen atoms in total. The van der Waals surface area contributed by atoms with Crippen molar-refractivity contribution in [2.24, 2.45) is 0 Å². The van der Waals surface area contributed by atoms with E-state index >= 15 is 0 Å². The fraction of sp³-hybridized carbons (Fsp3) is 0.517. The molecule has 1 saturated heterocycles. The second kappa shape index (κ2) is 14.1. The molecule has 0 spiro atoms. The zero-order valence-corrected chi connectivity index (χ0v) is 23.4. The van der Waals surface area contributed by atoms with E-state index in [2.05, 4.69) is 34.2 Å². The van der Waals surface area contributed by atoms with Crippen molar-refractivity contribution >= 4 is 11.8 Å². The molecule has 0 saturated carbocycles. The molecule has 1 fully saturated rings. The van der Waals surface area contributed by atoms with E-state index in [1.165, 1.54) is 12.3 Å². The highest BCUT2D eigenvalue weighted by Crippen LogP contribution is 2.27. The molecule has 0 radical (unpaired) electrons. The molecule has 0 aliphatic carbocycles. The summed E-state index contributed by atoms with van der Waals surface area (Å²) >= 11 is 0. The van der Waals surface area contributed by atoms with E-state index in [4.69, 9.17) is 13.7 Å². The maximum atomic E-state index is 14.8. The largest absolute Gasteiger partial charge is 0.493 e. The van der Waals surface area contributed by atoms with Crippen LogP contribution in [0.15, 0.2) is 45.5 Å². The highest BCUT2D eigenvalue weighted by atomic mass is 19.1. The van der Waals surface area contributed by atoms with E-state index in [9.17, 15) is 14.0 Å². The Kier molecular flexibility index (Phi) is 10.3. The van der Waals surface area contributed by atoms with E-state index in [-0.39, 0.29) is 29.0 Å². The summed E-state index contributed by atoms with van der Waals surface area (Å²) in [7, 11) is 0. The van der Waals surface area contributed by atoms with Crippen LogP contribution in [0.3, 0.4) is 0 Å². The number of aromatic nitrogens is 2. The Labute approximate surface area is 233 Å². The van der Waals surface area contributed by atoms with Crippen LogP contribution in [-0.2, 0) is 4.79 Å². The number of hydrogen-bond donors (Lipinski definition) is 1. The van der Waals surface area contributed by atoms with Crippen LogP contribution in [0.1, 0.15) is 68.8 Å². The third kappa shape index (κ3) is 7.47. The lowest BCUT2D eigenvalue weighted by atomic mass is 10.0. The molecule has 1 aliphatic heterocycles. The van der Waals surface area contributed by atoms with Gasteiger partial charge in [-0.2, -0.15) is 4.98 Å². The van der Waals surface area contributed by atoms with E-state index < -0.39 is 17.8 Å². The lowest BCUT2D eigenvalue weighted by Crippen LogP contribution is -2.48. The van der Waals surface area contributed by atoms with Gasteiger partial charge < -0.3 is 28.8 Å². The molecule has 11 heteroatoms. The van der Waals surface area contributed by atoms with Crippen LogP contribution in [0, 0.1) is 5.82 Å². The predicted molar refractivity (Wildman–Crippen MR) is 146 cm³/mol. The van der Waals surface area contributed by atoms with Crippen LogP contribution >= 0.6 is 0 Å². The van der Waals surface area contributed by atoms with Crippen LogP contribution in [-0.4, -0.2) is 77.1 Å². The molecule has 1 aliphatic rings. The summed E-state index contributed by atoms with van der Waals surface area (Å²) in [6.07, 6.45) is 4.79. The Morgan fingerprint density at radius 2 is 1.98 bits per heavy atom. The molecule has 3 aromatic rings. The molecule has 2 amide bonds. The van der Waals surface area contributed by atoms with Gasteiger partial charge in [0, 0.05) is 38.2 Å². The summed E-state index contributed by atoms with van der Waals surface area (Å²) in [5.74, 6) is 0.607. The Bertz CT molecular complexity index is 1240. The average Bonchev–Trinajstić information content (AvgIpc) is 3.61. The minimum absolute atomic E-state index is 0.108. The standard InChI is InChI=1S/C29H38FN5O5/c1-4-21(5-2)28-32-26(33-40-28)23-11-10-22(19-24(23)30)38-18-8-13-34-12-7-14-35(16-15-34)29(37)20(3)31-27(36)25-9-6-17-39-25/h6,9-11,17,19-21H,4-5,7-8,12-16,18H2,1-3H3,(H,31,36)/t20-/m0/s1. The van der Waals surface area contributed by atoms with Gasteiger partial charge in [-0.05, 0) is 63.4 Å². The Morgan fingerprint density at radius 3 is 2.70 bits per heavy atom. The topological polar surface area (TPSA) is 114 Å². The summed E-state index contributed by atoms with van der Waals surface area (Å²) in [4.78, 5) is 33.5. The van der Waals surface area contributed by atoms with Gasteiger partial charge in [-0.15, -0.1) is 0 Å². The van der Waals surface area contributed by atoms with Crippen molar-refractivity contribution in [1.29, 1.82) is 0 Å². The van der Waals surface area contributed by atoms with Crippen LogP contribution in [0.5, 0.6) is 5.75 Å². The maximum absolute atomic E-state index is 14.8. The van der Waals surface area contributed by atoms with Crippen molar-refractivity contribution in [3.63, 3.8) is 0 Å². The maximum Gasteiger partial charge on any atom is 0.287 e. The number of nitrogens with zero attached hydrogens (tertiary/aromatic N) is 4. The smallest absolute Gasteiger partial charge is 0.287 e. The van der Waals surface area contributed by atoms with Crippen molar-refractivity contribution in [1.82, 2.24) is 25.3 Å². The Hall–Kier alpha value is -3.73. The Balaban J connectivity index is 1.19. The second-order valence-corrected chi connectivity index (χ2v) is 10.0. The molecule has 0 bridgehead atoms. The Morgan fingerprint density at radius 1 is 1.15 bits per heavy atom. The van der Waals surface area contributed by atoms with E-state index in [0.29, 0.717) is 31.3 Å². The number of ether oxygens (including phenoxy) is 1. The predicted octanol–water partition coefficient (Wildman–Crippen LogP) is 4.49. The molecular weight excluding hydrogens is 517 g/mol. The first-order chi connectivity index (χ1) is 19.4. The zero-order chi connectivity index (χ0) is 28.5. The van der Waals surface area contributed by atoms with Gasteiger partial charge in [-0.25, -0.2) is 4.39 Å². The lowest BCUT2D eigenvalue weighted by Gasteiger charge is -2.25. The van der Waals surface area contributed by atoms with Gasteiger partial charge >= 0.3 is 0 Å². The highest BCUT2D eigenvalue weighted by molar-refractivity contribution is 5.95. The monoisotopic (exact) mass is 555 g/mol. The zero-order valence-electron chi connectivity index (χ0n) is 23.4. The molecule has 40 heavy (non-hydrogen) atoms. The number of carbonyl (C=O) groups excluding carboxylic acids is 2. The summed E-state index contributed by atoms with van der Waals surface area (Å²) in [5, 5.41) is 6.66. The summed E-state index contributed by atoms with van der Waals surface area (Å²) in [6.45, 7) is 9.86. The molecule has 216 valence electrons. The molecule has 0 unspecified atom stereocenters. The number of rotatable bonds is 12. The quantitative estimate of drug-likeness (QED) is 0.325. The van der Waals surface area contributed by atoms with Crippen LogP contribution in [0.2, 0.25) is 0 Å². The first-order valence-corrected chi connectivity index (χ1v) is 14.0. The minimum atomic E-state index is -0.643. The van der Waals surface area contributed by atoms with E-state index in [1.807, 2.05) is 0 Å². The van der Waals surface area contributed by atoms with Crippen molar-refractivity contribution in [3.05, 3.63) is 54.1 Å². The van der Waals surface area contributed by atoms with Gasteiger partial charge in [0.15, 0.2) is 5.76 Å². The second-order valence-electron chi connectivity index (χ2n) is 10.0. The van der Waals surface area contributed by atoms with Gasteiger partial charge in [0.25, 0.3) is 5.91 Å². The number of hydrogen-bond acceptors (Lipinski definition) is 8. The number of carbonyl (C=O) groups is 2. The first-order valence-electron chi connectivity index (χ1n) is 14.0. The third-order valence-electron chi connectivity index (χ3n) is 7.21. The summed E-state index contributed by atoms with van der Waals surface area (Å²) in [5.41, 5.74) is 0.284. The van der Waals surface area contributed by atoms with Crippen molar-refractivity contribution in [2.75, 3.05) is 39.3 Å². The number of nitrogens with one attached hydrogen (secondary N) is 1. The minimum Gasteiger partial charge on any atom is -0.493 e. The summed E-state index contributed by atoms with van der Waals surface area (Å²) in [6, 6.07) is 7.23. The highest BCUT2D eigenvalue weighted by Gasteiger charge is 2.25. The van der Waals surface area contributed by atoms with Crippen molar-refractivity contribution in [2.45, 2.75) is 58.4 Å². The molecule has 3 heterocycles. The number of benzene rings is 1. The van der Waals surface area contributed by atoms with Crippen molar-refractivity contribution < 1.29 is 27.7 Å². The molecule has 1 aromatic carbocycles. The normalized spacial score (nSPS) is 15.2. The lowest BCUT2D eigenvalue weighted by molar-refractivity contribution is -0.132. The van der Waals surface area contributed by atoms with Gasteiger partial charge in [0.2, 0.25) is 17.6 Å². The van der Waals surface area contributed by atoms with Gasteiger partial charge in [0.1, 0.15) is 17.6 Å². The van der Waals surface area contributed by atoms with Crippen LogP contribution in [0.4, 0.5) is 4.39 Å². The van der Waals surface area contributed by atoms with E-state index in [0.717, 1.165) is 45.3 Å². The molecule has 1 N–H and O–H groups in total. The van der Waals surface area contributed by atoms with Gasteiger partial charge in [-0.3, -0.25) is 9.59 Å². The fourth-order valence-electron chi connectivity index (χ4n) is 4.82. The molecule has 1 atom stereocenters. The molecule has 2 aromatic heterocycles. The summed E-state index contributed by atoms with van der Waals surface area (Å²) < 4.78 is 31.0. The van der Waals surface area contributed by atoms with E-state index in [1.54, 1.807) is 36.1 Å². The molecular formula is C29H38FN5O5.